The molecule has 0 aromatic heterocycles. The van der Waals surface area contributed by atoms with Crippen molar-refractivity contribution in [2.24, 2.45) is 0 Å². The summed E-state index contributed by atoms with van der Waals surface area (Å²) in [7, 11) is -2.72. The van der Waals surface area contributed by atoms with Gasteiger partial charge in [0.25, 0.3) is 0 Å². The standard InChI is InChI=1S/C20H24O2Si/c1-3-5-17-21-23(22-18-6-4-2,19-13-9-7-10-14-19)20-15-11-8-12-16-20/h3-4,7-16H,1-2,5-6,17-18H2. The lowest BCUT2D eigenvalue weighted by molar-refractivity contribution is 0.197. The summed E-state index contributed by atoms with van der Waals surface area (Å²) in [6, 6.07) is 20.6. The largest absolute Gasteiger partial charge is 0.407 e. The highest BCUT2D eigenvalue weighted by Crippen LogP contribution is 2.11. The summed E-state index contributed by atoms with van der Waals surface area (Å²) < 4.78 is 12.8. The van der Waals surface area contributed by atoms with Crippen molar-refractivity contribution in [3.63, 3.8) is 0 Å². The maximum absolute atomic E-state index is 6.40. The van der Waals surface area contributed by atoms with Crippen molar-refractivity contribution in [2.45, 2.75) is 12.8 Å². The lowest BCUT2D eigenvalue weighted by atomic mass is 10.4. The smallest absolute Gasteiger partial charge is 0.387 e. The molecule has 0 fully saturated rings. The third-order valence-electron chi connectivity index (χ3n) is 3.56. The van der Waals surface area contributed by atoms with Crippen LogP contribution in [0.4, 0.5) is 0 Å². The van der Waals surface area contributed by atoms with Gasteiger partial charge in [0.1, 0.15) is 0 Å². The molecule has 0 aliphatic heterocycles. The van der Waals surface area contributed by atoms with Gasteiger partial charge in [0.15, 0.2) is 0 Å². The van der Waals surface area contributed by atoms with Crippen LogP contribution in [0.15, 0.2) is 86.0 Å². The quantitative estimate of drug-likeness (QED) is 0.379. The van der Waals surface area contributed by atoms with Crippen LogP contribution in [-0.2, 0) is 8.85 Å². The third kappa shape index (κ3) is 4.52. The van der Waals surface area contributed by atoms with Crippen LogP contribution in [0.3, 0.4) is 0 Å². The number of rotatable bonds is 10. The average Bonchev–Trinajstić information content (AvgIpc) is 2.62. The van der Waals surface area contributed by atoms with E-state index < -0.39 is 8.56 Å². The Morgan fingerprint density at radius 2 is 1.09 bits per heavy atom. The highest BCUT2D eigenvalue weighted by molar-refractivity contribution is 6.92. The molecule has 2 aromatic carbocycles. The molecule has 0 aliphatic rings. The van der Waals surface area contributed by atoms with Crippen molar-refractivity contribution in [1.82, 2.24) is 0 Å². The molecule has 0 unspecified atom stereocenters. The predicted octanol–water partition coefficient (Wildman–Crippen LogP) is 3.43. The molecule has 0 heterocycles. The Balaban J connectivity index is 2.43. The van der Waals surface area contributed by atoms with Crippen LogP contribution >= 0.6 is 0 Å². The van der Waals surface area contributed by atoms with E-state index >= 15 is 0 Å². The monoisotopic (exact) mass is 324 g/mol. The molecule has 0 radical (unpaired) electrons. The van der Waals surface area contributed by atoms with E-state index in [4.69, 9.17) is 8.85 Å². The first-order valence-electron chi connectivity index (χ1n) is 7.94. The highest BCUT2D eigenvalue weighted by Gasteiger charge is 2.42. The Morgan fingerprint density at radius 3 is 1.43 bits per heavy atom. The summed E-state index contributed by atoms with van der Waals surface area (Å²) in [5.74, 6) is 0. The lowest BCUT2D eigenvalue weighted by Crippen LogP contribution is -2.63. The Labute approximate surface area is 140 Å². The fourth-order valence-corrected chi connectivity index (χ4v) is 5.59. The molecule has 2 aromatic rings. The van der Waals surface area contributed by atoms with Crippen molar-refractivity contribution >= 4 is 18.9 Å². The summed E-state index contributed by atoms with van der Waals surface area (Å²) in [4.78, 5) is 0. The van der Waals surface area contributed by atoms with E-state index in [1.54, 1.807) is 0 Å². The van der Waals surface area contributed by atoms with E-state index in [2.05, 4.69) is 37.4 Å². The number of hydrogen-bond acceptors (Lipinski definition) is 2. The molecule has 0 atom stereocenters. The highest BCUT2D eigenvalue weighted by atomic mass is 28.4. The molecule has 0 saturated carbocycles. The van der Waals surface area contributed by atoms with Crippen LogP contribution in [-0.4, -0.2) is 21.8 Å². The number of benzene rings is 2. The van der Waals surface area contributed by atoms with Gasteiger partial charge in [-0.05, 0) is 23.2 Å². The van der Waals surface area contributed by atoms with Gasteiger partial charge in [0, 0.05) is 13.2 Å². The van der Waals surface area contributed by atoms with Gasteiger partial charge in [-0.15, -0.1) is 13.2 Å². The number of hydrogen-bond donors (Lipinski definition) is 0. The normalized spacial score (nSPS) is 11.1. The molecule has 0 bridgehead atoms. The summed E-state index contributed by atoms with van der Waals surface area (Å²) in [5, 5.41) is 2.25. The van der Waals surface area contributed by atoms with Gasteiger partial charge in [-0.25, -0.2) is 0 Å². The summed E-state index contributed by atoms with van der Waals surface area (Å²) >= 11 is 0. The van der Waals surface area contributed by atoms with Gasteiger partial charge in [-0.2, -0.15) is 0 Å². The van der Waals surface area contributed by atoms with Gasteiger partial charge in [0.2, 0.25) is 0 Å². The summed E-state index contributed by atoms with van der Waals surface area (Å²) in [6.45, 7) is 8.77. The topological polar surface area (TPSA) is 18.5 Å². The fraction of sp³-hybridized carbons (Fsp3) is 0.200. The molecular formula is C20H24O2Si. The van der Waals surface area contributed by atoms with Gasteiger partial charge in [0.05, 0.1) is 0 Å². The van der Waals surface area contributed by atoms with E-state index in [1.165, 1.54) is 0 Å². The van der Waals surface area contributed by atoms with Crippen LogP contribution in [0.5, 0.6) is 0 Å². The van der Waals surface area contributed by atoms with Crippen molar-refractivity contribution in [3.05, 3.63) is 86.0 Å². The van der Waals surface area contributed by atoms with E-state index in [1.807, 2.05) is 48.6 Å². The Kier molecular flexibility index (Phi) is 7.00. The van der Waals surface area contributed by atoms with E-state index in [9.17, 15) is 0 Å². The predicted molar refractivity (Wildman–Crippen MR) is 99.4 cm³/mol. The summed E-state index contributed by atoms with van der Waals surface area (Å²) in [6.07, 6.45) is 5.36. The molecule has 0 saturated heterocycles. The second-order valence-corrected chi connectivity index (χ2v) is 8.17. The minimum Gasteiger partial charge on any atom is -0.387 e. The van der Waals surface area contributed by atoms with Crippen LogP contribution < -0.4 is 10.4 Å². The molecule has 0 N–H and O–H groups in total. The van der Waals surface area contributed by atoms with Gasteiger partial charge in [-0.3, -0.25) is 0 Å². The molecule has 0 amide bonds. The van der Waals surface area contributed by atoms with Crippen LogP contribution in [0.1, 0.15) is 12.8 Å². The molecule has 0 aliphatic carbocycles. The second-order valence-electron chi connectivity index (χ2n) is 5.20. The van der Waals surface area contributed by atoms with Crippen molar-refractivity contribution < 1.29 is 8.85 Å². The van der Waals surface area contributed by atoms with Crippen molar-refractivity contribution in [2.75, 3.05) is 13.2 Å². The van der Waals surface area contributed by atoms with Gasteiger partial charge in [-0.1, -0.05) is 72.8 Å². The fourth-order valence-electron chi connectivity index (χ4n) is 2.43. The molecule has 23 heavy (non-hydrogen) atoms. The zero-order valence-electron chi connectivity index (χ0n) is 13.5. The Bertz CT molecular complexity index is 540. The molecule has 0 spiro atoms. The van der Waals surface area contributed by atoms with Gasteiger partial charge < -0.3 is 8.85 Å². The first-order valence-corrected chi connectivity index (χ1v) is 9.76. The average molecular weight is 324 g/mol. The van der Waals surface area contributed by atoms with Crippen LogP contribution in [0.25, 0.3) is 0 Å². The molecule has 2 rings (SSSR count). The molecule has 3 heteroatoms. The Morgan fingerprint density at radius 1 is 0.696 bits per heavy atom. The first-order chi connectivity index (χ1) is 11.3. The van der Waals surface area contributed by atoms with E-state index in [0.29, 0.717) is 13.2 Å². The first kappa shape index (κ1) is 17.4. The lowest BCUT2D eigenvalue weighted by Gasteiger charge is -2.31. The zero-order valence-corrected chi connectivity index (χ0v) is 14.5. The second kappa shape index (κ2) is 9.25. The van der Waals surface area contributed by atoms with Crippen molar-refractivity contribution in [3.8, 4) is 0 Å². The molecule has 120 valence electrons. The van der Waals surface area contributed by atoms with Crippen LogP contribution in [0, 0.1) is 0 Å². The van der Waals surface area contributed by atoms with Crippen LogP contribution in [0.2, 0.25) is 0 Å². The van der Waals surface area contributed by atoms with E-state index in [-0.39, 0.29) is 0 Å². The Hall–Kier alpha value is -1.94. The third-order valence-corrected chi connectivity index (χ3v) is 6.97. The van der Waals surface area contributed by atoms with Crippen molar-refractivity contribution in [1.29, 1.82) is 0 Å². The molecular weight excluding hydrogens is 300 g/mol. The minimum atomic E-state index is -2.72. The maximum Gasteiger partial charge on any atom is 0.407 e. The van der Waals surface area contributed by atoms with Gasteiger partial charge >= 0.3 is 8.56 Å². The minimum absolute atomic E-state index is 0.605. The molecule has 2 nitrogen and oxygen atoms in total. The zero-order chi connectivity index (χ0) is 16.4. The maximum atomic E-state index is 6.40. The summed E-state index contributed by atoms with van der Waals surface area (Å²) in [5.41, 5.74) is 0. The SMILES string of the molecule is C=CCCO[Si](OCCC=C)(c1ccccc1)c1ccccc1. The van der Waals surface area contributed by atoms with E-state index in [0.717, 1.165) is 23.2 Å².